The summed E-state index contributed by atoms with van der Waals surface area (Å²) in [7, 11) is 0. The van der Waals surface area contributed by atoms with Crippen LogP contribution in [0.4, 0.5) is 10.5 Å². The number of hydrogen-bond donors (Lipinski definition) is 2. The minimum absolute atomic E-state index is 0.0446. The van der Waals surface area contributed by atoms with Gasteiger partial charge in [-0.3, -0.25) is 9.48 Å². The van der Waals surface area contributed by atoms with Gasteiger partial charge in [-0.15, -0.1) is 0 Å². The van der Waals surface area contributed by atoms with Crippen molar-refractivity contribution in [1.29, 1.82) is 0 Å². The lowest BCUT2D eigenvalue weighted by molar-refractivity contribution is 0.0611. The first-order valence-corrected chi connectivity index (χ1v) is 6.76. The molecule has 1 aromatic rings. The molecule has 8 heteroatoms. The van der Waals surface area contributed by atoms with Crippen molar-refractivity contribution < 1.29 is 9.59 Å². The number of anilines is 1. The van der Waals surface area contributed by atoms with Crippen molar-refractivity contribution in [3.05, 3.63) is 11.9 Å². The molecule has 0 spiro atoms. The maximum absolute atomic E-state index is 12.5. The molecule has 0 aliphatic carbocycles. The molecule has 2 aliphatic heterocycles. The third-order valence-corrected chi connectivity index (χ3v) is 3.84. The number of nitrogens with one attached hydrogen (secondary N) is 1. The van der Waals surface area contributed by atoms with Gasteiger partial charge in [0.25, 0.3) is 5.91 Å². The molecule has 3 amide bonds. The van der Waals surface area contributed by atoms with E-state index in [9.17, 15) is 9.59 Å². The molecule has 0 saturated carbocycles. The van der Waals surface area contributed by atoms with Gasteiger partial charge in [0.05, 0.1) is 11.7 Å². The van der Waals surface area contributed by atoms with Crippen molar-refractivity contribution >= 4 is 17.6 Å². The first kappa shape index (κ1) is 12.8. The van der Waals surface area contributed by atoms with Crippen molar-refractivity contribution in [2.24, 2.45) is 0 Å². The summed E-state index contributed by atoms with van der Waals surface area (Å²) in [4.78, 5) is 27.5. The summed E-state index contributed by atoms with van der Waals surface area (Å²) in [6.45, 7) is 4.79. The van der Waals surface area contributed by atoms with Crippen LogP contribution in [-0.2, 0) is 6.54 Å². The molecule has 2 fully saturated rings. The highest BCUT2D eigenvalue weighted by Crippen LogP contribution is 2.18. The fourth-order valence-electron chi connectivity index (χ4n) is 2.70. The highest BCUT2D eigenvalue weighted by atomic mass is 16.2. The summed E-state index contributed by atoms with van der Waals surface area (Å²) in [5, 5.41) is 7.00. The number of aryl methyl sites for hydroxylation is 1. The molecule has 8 nitrogen and oxygen atoms in total. The zero-order valence-corrected chi connectivity index (χ0v) is 11.4. The van der Waals surface area contributed by atoms with Crippen LogP contribution in [0.1, 0.15) is 17.4 Å². The Hall–Kier alpha value is -2.25. The zero-order valence-electron chi connectivity index (χ0n) is 11.4. The third kappa shape index (κ3) is 1.97. The van der Waals surface area contributed by atoms with Gasteiger partial charge in [-0.1, -0.05) is 0 Å². The van der Waals surface area contributed by atoms with Crippen molar-refractivity contribution in [3.63, 3.8) is 0 Å². The van der Waals surface area contributed by atoms with Crippen LogP contribution in [0.15, 0.2) is 6.20 Å². The number of carbonyl (C=O) groups is 2. The molecule has 3 rings (SSSR count). The predicted octanol–water partition coefficient (Wildman–Crippen LogP) is -0.665. The van der Waals surface area contributed by atoms with Gasteiger partial charge in [-0.05, 0) is 6.92 Å². The first-order valence-electron chi connectivity index (χ1n) is 6.76. The quantitative estimate of drug-likeness (QED) is 0.750. The number of nitrogens with zero attached hydrogens (tertiary/aromatic N) is 4. The number of nitrogens with two attached hydrogens (primary N) is 1. The van der Waals surface area contributed by atoms with Gasteiger partial charge in [0.2, 0.25) is 0 Å². The number of fused-ring (bicyclic) bond motifs is 1. The van der Waals surface area contributed by atoms with Gasteiger partial charge in [0.1, 0.15) is 0 Å². The Morgan fingerprint density at radius 3 is 3.05 bits per heavy atom. The molecule has 2 aliphatic rings. The molecule has 3 heterocycles. The second-order valence-electron chi connectivity index (χ2n) is 5.07. The molecular weight excluding hydrogens is 260 g/mol. The molecular formula is C12H18N6O2. The molecule has 1 aromatic heterocycles. The molecule has 2 saturated heterocycles. The van der Waals surface area contributed by atoms with Crippen LogP contribution < -0.4 is 11.1 Å². The Kier molecular flexibility index (Phi) is 3.00. The largest absolute Gasteiger partial charge is 0.396 e. The predicted molar refractivity (Wildman–Crippen MR) is 72.1 cm³/mol. The van der Waals surface area contributed by atoms with Gasteiger partial charge in [-0.2, -0.15) is 5.10 Å². The number of amides is 3. The highest BCUT2D eigenvalue weighted by molar-refractivity contribution is 5.97. The van der Waals surface area contributed by atoms with E-state index in [0.717, 1.165) is 0 Å². The van der Waals surface area contributed by atoms with Crippen molar-refractivity contribution in [3.8, 4) is 0 Å². The van der Waals surface area contributed by atoms with E-state index in [1.165, 1.54) is 0 Å². The normalized spacial score (nSPS) is 21.9. The maximum atomic E-state index is 12.5. The molecule has 0 bridgehead atoms. The summed E-state index contributed by atoms with van der Waals surface area (Å²) >= 11 is 0. The Bertz CT molecular complexity index is 554. The van der Waals surface area contributed by atoms with Gasteiger partial charge in [0, 0.05) is 38.9 Å². The minimum Gasteiger partial charge on any atom is -0.396 e. The average molecular weight is 278 g/mol. The number of nitrogen functional groups attached to an aromatic ring is 1. The Labute approximate surface area is 116 Å². The lowest BCUT2D eigenvalue weighted by Crippen LogP contribution is -2.53. The number of urea groups is 1. The van der Waals surface area contributed by atoms with Gasteiger partial charge < -0.3 is 20.9 Å². The lowest BCUT2D eigenvalue weighted by Gasteiger charge is -2.36. The van der Waals surface area contributed by atoms with E-state index in [1.54, 1.807) is 20.7 Å². The average Bonchev–Trinajstić information content (AvgIpc) is 3.01. The molecule has 108 valence electrons. The smallest absolute Gasteiger partial charge is 0.317 e. The van der Waals surface area contributed by atoms with E-state index in [0.29, 0.717) is 44.1 Å². The van der Waals surface area contributed by atoms with Crippen molar-refractivity contribution in [2.75, 3.05) is 31.9 Å². The van der Waals surface area contributed by atoms with Gasteiger partial charge in [0.15, 0.2) is 5.69 Å². The number of aromatic nitrogens is 2. The molecule has 3 N–H and O–H groups in total. The molecule has 20 heavy (non-hydrogen) atoms. The van der Waals surface area contributed by atoms with E-state index < -0.39 is 0 Å². The standard InChI is InChI=1S/C12H18N6O2/c1-2-17-7-9(13)10(15-17)11(19)16-3-4-18-8(6-16)5-14-12(18)20/h7-8H,2-6,13H2,1H3,(H,14,20). The second-order valence-corrected chi connectivity index (χ2v) is 5.07. The fourth-order valence-corrected chi connectivity index (χ4v) is 2.70. The zero-order chi connectivity index (χ0) is 14.3. The topological polar surface area (TPSA) is 96.5 Å². The van der Waals surface area contributed by atoms with Crippen LogP contribution in [-0.4, -0.2) is 63.7 Å². The number of rotatable bonds is 2. The van der Waals surface area contributed by atoms with E-state index in [1.807, 2.05) is 6.92 Å². The summed E-state index contributed by atoms with van der Waals surface area (Å²) in [5.74, 6) is -0.159. The molecule has 0 radical (unpaired) electrons. The molecule has 0 aromatic carbocycles. The van der Waals surface area contributed by atoms with Crippen LogP contribution in [0.25, 0.3) is 0 Å². The lowest BCUT2D eigenvalue weighted by atomic mass is 10.2. The SMILES string of the molecule is CCn1cc(N)c(C(=O)N2CCN3C(=O)NCC3C2)n1. The summed E-state index contributed by atoms with van der Waals surface area (Å²) in [6, 6.07) is 0.00607. The highest BCUT2D eigenvalue weighted by Gasteiger charge is 2.37. The Morgan fingerprint density at radius 2 is 2.35 bits per heavy atom. The Morgan fingerprint density at radius 1 is 1.55 bits per heavy atom. The summed E-state index contributed by atoms with van der Waals surface area (Å²) < 4.78 is 1.65. The van der Waals surface area contributed by atoms with Crippen LogP contribution in [0.3, 0.4) is 0 Å². The van der Waals surface area contributed by atoms with E-state index >= 15 is 0 Å². The van der Waals surface area contributed by atoms with Gasteiger partial charge in [-0.25, -0.2) is 4.79 Å². The molecule has 1 unspecified atom stereocenters. The molecule has 1 atom stereocenters. The van der Waals surface area contributed by atoms with Crippen LogP contribution in [0, 0.1) is 0 Å². The Balaban J connectivity index is 1.75. The monoisotopic (exact) mass is 278 g/mol. The summed E-state index contributed by atoms with van der Waals surface area (Å²) in [5.41, 5.74) is 6.55. The van der Waals surface area contributed by atoms with Gasteiger partial charge >= 0.3 is 6.03 Å². The van der Waals surface area contributed by atoms with Crippen LogP contribution in [0.2, 0.25) is 0 Å². The second kappa shape index (κ2) is 4.69. The number of piperazine rings is 1. The van der Waals surface area contributed by atoms with E-state index in [4.69, 9.17) is 5.73 Å². The van der Waals surface area contributed by atoms with E-state index in [-0.39, 0.29) is 18.0 Å². The first-order chi connectivity index (χ1) is 9.60. The summed E-state index contributed by atoms with van der Waals surface area (Å²) in [6.07, 6.45) is 1.67. The number of hydrogen-bond acceptors (Lipinski definition) is 4. The minimum atomic E-state index is -0.159. The maximum Gasteiger partial charge on any atom is 0.317 e. The fraction of sp³-hybridized carbons (Fsp3) is 0.583. The van der Waals surface area contributed by atoms with Crippen molar-refractivity contribution in [1.82, 2.24) is 24.9 Å². The third-order valence-electron chi connectivity index (χ3n) is 3.84. The van der Waals surface area contributed by atoms with Crippen molar-refractivity contribution in [2.45, 2.75) is 19.5 Å². The van der Waals surface area contributed by atoms with Crippen LogP contribution in [0.5, 0.6) is 0 Å². The van der Waals surface area contributed by atoms with Crippen LogP contribution >= 0.6 is 0 Å². The number of carbonyl (C=O) groups excluding carboxylic acids is 2. The van der Waals surface area contributed by atoms with E-state index in [2.05, 4.69) is 10.4 Å².